The average molecular weight is 383 g/mol. The molecule has 0 fully saturated rings. The molecule has 0 amide bonds. The van der Waals surface area contributed by atoms with Gasteiger partial charge < -0.3 is 0 Å². The normalized spacial score (nSPS) is 11.8. The largest absolute Gasteiger partial charge is 0.292 e. The lowest BCUT2D eigenvalue weighted by Crippen LogP contribution is -2.14. The number of Topliss-reactive ketones (excluding diaryl/α,β-unsaturated/α-hetero) is 1. The zero-order chi connectivity index (χ0) is 15.6. The standard InChI is InChI=1S/C16H10BrCl2NO/c1-9-10(4-2-5-12(9)17)16(21)11(8-20)15-13(18)6-3-7-14(15)19/h2-7,11H,1H3. The Hall–Kier alpha value is -1.34. The minimum Gasteiger partial charge on any atom is -0.292 e. The monoisotopic (exact) mass is 381 g/mol. The highest BCUT2D eigenvalue weighted by Crippen LogP contribution is 2.34. The Morgan fingerprint density at radius 3 is 2.33 bits per heavy atom. The Kier molecular flexibility index (Phi) is 5.05. The molecule has 0 heterocycles. The molecule has 21 heavy (non-hydrogen) atoms. The third-order valence-corrected chi connectivity index (χ3v) is 4.73. The van der Waals surface area contributed by atoms with Gasteiger partial charge in [0.1, 0.15) is 5.92 Å². The van der Waals surface area contributed by atoms with Gasteiger partial charge in [0.2, 0.25) is 0 Å². The Bertz CT molecular complexity index is 732. The maximum Gasteiger partial charge on any atom is 0.184 e. The smallest absolute Gasteiger partial charge is 0.184 e. The van der Waals surface area contributed by atoms with Gasteiger partial charge >= 0.3 is 0 Å². The first-order valence-corrected chi connectivity index (χ1v) is 7.65. The number of carbonyl (C=O) groups is 1. The van der Waals surface area contributed by atoms with E-state index in [2.05, 4.69) is 15.9 Å². The van der Waals surface area contributed by atoms with Crippen molar-refractivity contribution in [2.45, 2.75) is 12.8 Å². The van der Waals surface area contributed by atoms with Gasteiger partial charge in [-0.25, -0.2) is 0 Å². The van der Waals surface area contributed by atoms with Crippen molar-refractivity contribution < 1.29 is 4.79 Å². The highest BCUT2D eigenvalue weighted by Gasteiger charge is 2.27. The van der Waals surface area contributed by atoms with Crippen LogP contribution in [0.4, 0.5) is 0 Å². The molecule has 0 saturated heterocycles. The van der Waals surface area contributed by atoms with Gasteiger partial charge in [0.25, 0.3) is 0 Å². The third kappa shape index (κ3) is 3.13. The molecule has 0 N–H and O–H groups in total. The van der Waals surface area contributed by atoms with Crippen molar-refractivity contribution in [1.82, 2.24) is 0 Å². The molecule has 0 saturated carbocycles. The number of halogens is 3. The van der Waals surface area contributed by atoms with Crippen LogP contribution < -0.4 is 0 Å². The van der Waals surface area contributed by atoms with E-state index in [1.54, 1.807) is 30.3 Å². The molecule has 5 heteroatoms. The van der Waals surface area contributed by atoms with Crippen LogP contribution in [0.5, 0.6) is 0 Å². The molecule has 2 aromatic carbocycles. The van der Waals surface area contributed by atoms with Crippen LogP contribution in [0.2, 0.25) is 10.0 Å². The van der Waals surface area contributed by atoms with E-state index < -0.39 is 5.92 Å². The minimum absolute atomic E-state index is 0.314. The van der Waals surface area contributed by atoms with Crippen LogP contribution in [0, 0.1) is 18.3 Å². The van der Waals surface area contributed by atoms with Crippen LogP contribution in [0.1, 0.15) is 27.4 Å². The molecule has 0 aliphatic carbocycles. The van der Waals surface area contributed by atoms with Gasteiger partial charge in [0.15, 0.2) is 5.78 Å². The van der Waals surface area contributed by atoms with Gasteiger partial charge in [-0.15, -0.1) is 0 Å². The number of carbonyl (C=O) groups excluding carboxylic acids is 1. The molecule has 106 valence electrons. The van der Waals surface area contributed by atoms with Crippen molar-refractivity contribution in [1.29, 1.82) is 5.26 Å². The quantitative estimate of drug-likeness (QED) is 0.652. The minimum atomic E-state index is -1.03. The van der Waals surface area contributed by atoms with Crippen molar-refractivity contribution in [2.75, 3.05) is 0 Å². The van der Waals surface area contributed by atoms with E-state index in [4.69, 9.17) is 23.2 Å². The van der Waals surface area contributed by atoms with E-state index in [-0.39, 0.29) is 5.78 Å². The summed E-state index contributed by atoms with van der Waals surface area (Å²) >= 11 is 15.6. The maximum atomic E-state index is 12.7. The van der Waals surface area contributed by atoms with Gasteiger partial charge in [0.05, 0.1) is 6.07 Å². The molecule has 1 atom stereocenters. The number of nitriles is 1. The lowest BCUT2D eigenvalue weighted by molar-refractivity contribution is 0.0978. The fourth-order valence-electron chi connectivity index (χ4n) is 2.07. The van der Waals surface area contributed by atoms with Crippen LogP contribution in [0.3, 0.4) is 0 Å². The lowest BCUT2D eigenvalue weighted by atomic mass is 9.90. The molecule has 2 rings (SSSR count). The zero-order valence-corrected chi connectivity index (χ0v) is 14.1. The van der Waals surface area contributed by atoms with Crippen LogP contribution in [0.15, 0.2) is 40.9 Å². The number of rotatable bonds is 3. The molecule has 0 aromatic heterocycles. The van der Waals surface area contributed by atoms with Crippen molar-refractivity contribution >= 4 is 44.9 Å². The van der Waals surface area contributed by atoms with Crippen molar-refractivity contribution in [3.05, 3.63) is 67.6 Å². The van der Waals surface area contributed by atoms with E-state index in [1.807, 2.05) is 19.1 Å². The highest BCUT2D eigenvalue weighted by molar-refractivity contribution is 9.10. The number of ketones is 1. The molecular formula is C16H10BrCl2NO. The van der Waals surface area contributed by atoms with E-state index in [1.165, 1.54) is 0 Å². The van der Waals surface area contributed by atoms with Gasteiger partial charge in [-0.1, -0.05) is 57.3 Å². The summed E-state index contributed by atoms with van der Waals surface area (Å²) in [5, 5.41) is 10.1. The second-order valence-electron chi connectivity index (χ2n) is 4.47. The van der Waals surface area contributed by atoms with Crippen LogP contribution in [-0.2, 0) is 0 Å². The summed E-state index contributed by atoms with van der Waals surface area (Å²) in [6, 6.07) is 12.2. The first-order chi connectivity index (χ1) is 9.97. The van der Waals surface area contributed by atoms with Crippen molar-refractivity contribution in [3.8, 4) is 6.07 Å². The molecule has 0 bridgehead atoms. The molecular weight excluding hydrogens is 373 g/mol. The summed E-state index contributed by atoms with van der Waals surface area (Å²) in [7, 11) is 0. The third-order valence-electron chi connectivity index (χ3n) is 3.21. The molecule has 0 aliphatic rings. The van der Waals surface area contributed by atoms with E-state index in [0.29, 0.717) is 21.2 Å². The number of benzene rings is 2. The van der Waals surface area contributed by atoms with Crippen molar-refractivity contribution in [3.63, 3.8) is 0 Å². The summed E-state index contributed by atoms with van der Waals surface area (Å²) < 4.78 is 0.815. The topological polar surface area (TPSA) is 40.9 Å². The molecule has 0 radical (unpaired) electrons. The fourth-order valence-corrected chi connectivity index (χ4v) is 3.05. The second-order valence-corrected chi connectivity index (χ2v) is 6.14. The first kappa shape index (κ1) is 16.0. The zero-order valence-electron chi connectivity index (χ0n) is 11.0. The number of hydrogen-bond donors (Lipinski definition) is 0. The number of hydrogen-bond acceptors (Lipinski definition) is 2. The molecule has 0 spiro atoms. The summed E-state index contributed by atoms with van der Waals surface area (Å²) in [5.74, 6) is -1.34. The molecule has 2 nitrogen and oxygen atoms in total. The average Bonchev–Trinajstić information content (AvgIpc) is 2.45. The summed E-state index contributed by atoms with van der Waals surface area (Å²) in [6.07, 6.45) is 0. The van der Waals surface area contributed by atoms with Gasteiger partial charge in [-0.3, -0.25) is 4.79 Å². The second kappa shape index (κ2) is 6.62. The van der Waals surface area contributed by atoms with Crippen LogP contribution in [0.25, 0.3) is 0 Å². The van der Waals surface area contributed by atoms with E-state index in [0.717, 1.165) is 10.0 Å². The van der Waals surface area contributed by atoms with E-state index >= 15 is 0 Å². The summed E-state index contributed by atoms with van der Waals surface area (Å²) in [5.41, 5.74) is 1.62. The number of nitrogens with zero attached hydrogens (tertiary/aromatic N) is 1. The van der Waals surface area contributed by atoms with Crippen LogP contribution in [-0.4, -0.2) is 5.78 Å². The molecule has 2 aromatic rings. The predicted octanol–water partition coefficient (Wildman–Crippen LogP) is 5.55. The molecule has 0 aliphatic heterocycles. The SMILES string of the molecule is Cc1c(Br)cccc1C(=O)C(C#N)c1c(Cl)cccc1Cl. The maximum absolute atomic E-state index is 12.7. The first-order valence-electron chi connectivity index (χ1n) is 6.10. The highest BCUT2D eigenvalue weighted by atomic mass is 79.9. The van der Waals surface area contributed by atoms with Gasteiger partial charge in [-0.2, -0.15) is 5.26 Å². The van der Waals surface area contributed by atoms with Crippen molar-refractivity contribution in [2.24, 2.45) is 0 Å². The van der Waals surface area contributed by atoms with Gasteiger partial charge in [-0.05, 0) is 30.7 Å². The summed E-state index contributed by atoms with van der Waals surface area (Å²) in [4.78, 5) is 12.7. The Labute approximate surface area is 141 Å². The Balaban J connectivity index is 2.55. The lowest BCUT2D eigenvalue weighted by Gasteiger charge is -2.14. The van der Waals surface area contributed by atoms with Crippen LogP contribution >= 0.6 is 39.1 Å². The predicted molar refractivity (Wildman–Crippen MR) is 88.0 cm³/mol. The molecule has 1 unspecified atom stereocenters. The van der Waals surface area contributed by atoms with Gasteiger partial charge in [0, 0.05) is 25.6 Å². The fraction of sp³-hybridized carbons (Fsp3) is 0.125. The summed E-state index contributed by atoms with van der Waals surface area (Å²) in [6.45, 7) is 1.82. The van der Waals surface area contributed by atoms with E-state index in [9.17, 15) is 10.1 Å². The Morgan fingerprint density at radius 2 is 1.76 bits per heavy atom. The Morgan fingerprint density at radius 1 is 1.19 bits per heavy atom.